The van der Waals surface area contributed by atoms with Gasteiger partial charge in [0, 0.05) is 23.5 Å². The summed E-state index contributed by atoms with van der Waals surface area (Å²) in [6.45, 7) is 3.29. The molecule has 0 N–H and O–H groups in total. The SMILES string of the molecule is COc1ccc(N2CN(C3CCCCCC3)CN=C2Oc2cccc(C)n2)cc1Cl. The van der Waals surface area contributed by atoms with Gasteiger partial charge in [0.2, 0.25) is 5.88 Å². The van der Waals surface area contributed by atoms with E-state index in [1.807, 2.05) is 43.3 Å². The standard InChI is InChI=1S/C23H29ClN4O2/c1-17-8-7-11-22(26-17)30-23-25-15-27(18-9-5-3-4-6-10-18)16-28(23)19-12-13-21(29-2)20(24)14-19/h7-8,11-14,18H,3-6,9-10,15-16H2,1-2H3. The lowest BCUT2D eigenvalue weighted by Gasteiger charge is -2.39. The monoisotopic (exact) mass is 428 g/mol. The minimum absolute atomic E-state index is 0.541. The fourth-order valence-corrected chi connectivity index (χ4v) is 4.40. The first kappa shape index (κ1) is 20.9. The van der Waals surface area contributed by atoms with Crippen molar-refractivity contribution >= 4 is 23.3 Å². The van der Waals surface area contributed by atoms with Crippen molar-refractivity contribution in [1.29, 1.82) is 0 Å². The average Bonchev–Trinajstić information content (AvgIpc) is 3.04. The van der Waals surface area contributed by atoms with E-state index in [-0.39, 0.29) is 0 Å². The number of hydrogen-bond donors (Lipinski definition) is 0. The van der Waals surface area contributed by atoms with Gasteiger partial charge >= 0.3 is 6.02 Å². The molecule has 0 unspecified atom stereocenters. The first-order valence-electron chi connectivity index (χ1n) is 10.6. The molecule has 1 aromatic carbocycles. The van der Waals surface area contributed by atoms with Crippen LogP contribution in [0.25, 0.3) is 0 Å². The number of methoxy groups -OCH3 is 1. The van der Waals surface area contributed by atoms with Crippen molar-refractivity contribution in [3.05, 3.63) is 47.1 Å². The normalized spacial score (nSPS) is 18.6. The second kappa shape index (κ2) is 9.67. The molecular formula is C23H29ClN4O2. The number of nitrogens with zero attached hydrogens (tertiary/aromatic N) is 4. The van der Waals surface area contributed by atoms with Crippen molar-refractivity contribution in [3.63, 3.8) is 0 Å². The highest BCUT2D eigenvalue weighted by Gasteiger charge is 2.29. The maximum absolute atomic E-state index is 6.43. The number of aliphatic imine (C=N–C) groups is 1. The molecule has 0 saturated heterocycles. The summed E-state index contributed by atoms with van der Waals surface area (Å²) in [6, 6.07) is 12.6. The molecule has 1 aliphatic carbocycles. The Morgan fingerprint density at radius 1 is 1.07 bits per heavy atom. The largest absolute Gasteiger partial charge is 0.495 e. The highest BCUT2D eigenvalue weighted by Crippen LogP contribution is 2.31. The number of halogens is 1. The number of rotatable bonds is 4. The predicted molar refractivity (Wildman–Crippen MR) is 121 cm³/mol. The van der Waals surface area contributed by atoms with Crippen molar-refractivity contribution < 1.29 is 9.47 Å². The molecule has 0 atom stereocenters. The number of hydrogen-bond acceptors (Lipinski definition) is 6. The van der Waals surface area contributed by atoms with Crippen LogP contribution in [0.2, 0.25) is 5.02 Å². The van der Waals surface area contributed by atoms with Gasteiger partial charge in [-0.1, -0.05) is 43.4 Å². The van der Waals surface area contributed by atoms with E-state index < -0.39 is 0 Å². The van der Waals surface area contributed by atoms with E-state index in [4.69, 9.17) is 26.1 Å². The van der Waals surface area contributed by atoms with Crippen LogP contribution in [0.1, 0.15) is 44.2 Å². The molecule has 0 amide bonds. The Morgan fingerprint density at radius 2 is 1.87 bits per heavy atom. The van der Waals surface area contributed by atoms with Gasteiger partial charge in [-0.05, 0) is 44.0 Å². The fraction of sp³-hybridized carbons (Fsp3) is 0.478. The topological polar surface area (TPSA) is 50.2 Å². The van der Waals surface area contributed by atoms with E-state index in [1.165, 1.54) is 38.5 Å². The van der Waals surface area contributed by atoms with Crippen LogP contribution in [0, 0.1) is 6.92 Å². The lowest BCUT2D eigenvalue weighted by molar-refractivity contribution is 0.177. The lowest BCUT2D eigenvalue weighted by atomic mass is 10.1. The van der Waals surface area contributed by atoms with Gasteiger partial charge in [-0.3, -0.25) is 9.80 Å². The predicted octanol–water partition coefficient (Wildman–Crippen LogP) is 5.25. The second-order valence-electron chi connectivity index (χ2n) is 7.92. The van der Waals surface area contributed by atoms with Crippen molar-refractivity contribution in [2.24, 2.45) is 4.99 Å². The Kier molecular flexibility index (Phi) is 6.75. The lowest BCUT2D eigenvalue weighted by Crippen LogP contribution is -2.52. The molecule has 1 aromatic heterocycles. The second-order valence-corrected chi connectivity index (χ2v) is 8.33. The summed E-state index contributed by atoms with van der Waals surface area (Å²) < 4.78 is 11.4. The number of aryl methyl sites for hydroxylation is 1. The zero-order valence-electron chi connectivity index (χ0n) is 17.7. The summed E-state index contributed by atoms with van der Waals surface area (Å²) >= 11 is 6.43. The van der Waals surface area contributed by atoms with Gasteiger partial charge in [0.25, 0.3) is 0 Å². The van der Waals surface area contributed by atoms with Gasteiger partial charge < -0.3 is 9.47 Å². The minimum atomic E-state index is 0.541. The number of amidine groups is 1. The zero-order valence-corrected chi connectivity index (χ0v) is 18.4. The molecule has 1 fully saturated rings. The van der Waals surface area contributed by atoms with E-state index >= 15 is 0 Å². The molecule has 4 rings (SSSR count). The Labute approximate surface area is 183 Å². The average molecular weight is 429 g/mol. The highest BCUT2D eigenvalue weighted by molar-refractivity contribution is 6.32. The highest BCUT2D eigenvalue weighted by atomic mass is 35.5. The molecule has 160 valence electrons. The van der Waals surface area contributed by atoms with E-state index in [1.54, 1.807) is 7.11 Å². The zero-order chi connectivity index (χ0) is 20.9. The number of pyridine rings is 1. The Hall–Kier alpha value is -2.31. The molecule has 1 saturated carbocycles. The van der Waals surface area contributed by atoms with Gasteiger partial charge in [0.15, 0.2) is 0 Å². The summed E-state index contributed by atoms with van der Waals surface area (Å²) in [7, 11) is 1.62. The molecule has 2 heterocycles. The van der Waals surface area contributed by atoms with Crippen LogP contribution in [-0.4, -0.2) is 42.4 Å². The number of aromatic nitrogens is 1. The van der Waals surface area contributed by atoms with Crippen LogP contribution in [0.15, 0.2) is 41.4 Å². The summed E-state index contributed by atoms with van der Waals surface area (Å²) in [6.07, 6.45) is 7.69. The van der Waals surface area contributed by atoms with Crippen LogP contribution in [0.3, 0.4) is 0 Å². The molecule has 6 nitrogen and oxygen atoms in total. The van der Waals surface area contributed by atoms with Gasteiger partial charge in [0.1, 0.15) is 5.75 Å². The third kappa shape index (κ3) is 4.87. The quantitative estimate of drug-likeness (QED) is 0.622. The summed E-state index contributed by atoms with van der Waals surface area (Å²) in [5, 5.41) is 0.564. The Balaban J connectivity index is 1.62. The minimum Gasteiger partial charge on any atom is -0.495 e. The van der Waals surface area contributed by atoms with Crippen molar-refractivity contribution in [3.8, 4) is 11.6 Å². The summed E-state index contributed by atoms with van der Waals surface area (Å²) in [4.78, 5) is 13.8. The van der Waals surface area contributed by atoms with Crippen LogP contribution in [0.4, 0.5) is 5.69 Å². The van der Waals surface area contributed by atoms with E-state index in [0.29, 0.717) is 42.1 Å². The molecular weight excluding hydrogens is 400 g/mol. The first-order valence-corrected chi connectivity index (χ1v) is 11.0. The van der Waals surface area contributed by atoms with Crippen LogP contribution >= 0.6 is 11.6 Å². The smallest absolute Gasteiger partial charge is 0.301 e. The molecule has 0 radical (unpaired) electrons. The Morgan fingerprint density at radius 3 is 2.57 bits per heavy atom. The molecule has 30 heavy (non-hydrogen) atoms. The Bertz CT molecular complexity index is 897. The molecule has 1 aliphatic heterocycles. The van der Waals surface area contributed by atoms with Gasteiger partial charge in [0.05, 0.1) is 25.5 Å². The number of benzene rings is 1. The molecule has 2 aliphatic rings. The summed E-state index contributed by atoms with van der Waals surface area (Å²) in [5.41, 5.74) is 1.83. The van der Waals surface area contributed by atoms with E-state index in [9.17, 15) is 0 Å². The van der Waals surface area contributed by atoms with Crippen molar-refractivity contribution in [2.45, 2.75) is 51.5 Å². The fourth-order valence-electron chi connectivity index (χ4n) is 4.15. The first-order chi connectivity index (χ1) is 14.6. The van der Waals surface area contributed by atoms with Crippen molar-refractivity contribution in [2.75, 3.05) is 25.3 Å². The van der Waals surface area contributed by atoms with Crippen LogP contribution < -0.4 is 14.4 Å². The number of anilines is 1. The summed E-state index contributed by atoms with van der Waals surface area (Å²) in [5.74, 6) is 1.19. The number of ether oxygens (including phenoxy) is 2. The van der Waals surface area contributed by atoms with E-state index in [0.717, 1.165) is 11.4 Å². The van der Waals surface area contributed by atoms with Crippen molar-refractivity contribution in [1.82, 2.24) is 9.88 Å². The molecule has 2 aromatic rings. The maximum atomic E-state index is 6.43. The van der Waals surface area contributed by atoms with Crippen LogP contribution in [0.5, 0.6) is 11.6 Å². The van der Waals surface area contributed by atoms with Gasteiger partial charge in [-0.15, -0.1) is 0 Å². The molecule has 0 bridgehead atoms. The van der Waals surface area contributed by atoms with E-state index in [2.05, 4.69) is 14.8 Å². The third-order valence-electron chi connectivity index (χ3n) is 5.79. The third-order valence-corrected chi connectivity index (χ3v) is 6.08. The van der Waals surface area contributed by atoms with Gasteiger partial charge in [-0.25, -0.2) is 9.98 Å². The van der Waals surface area contributed by atoms with Gasteiger partial charge in [-0.2, -0.15) is 0 Å². The molecule has 0 spiro atoms. The molecule has 7 heteroatoms. The maximum Gasteiger partial charge on any atom is 0.301 e. The van der Waals surface area contributed by atoms with Crippen LogP contribution in [-0.2, 0) is 0 Å².